The Morgan fingerprint density at radius 2 is 2.05 bits per heavy atom. The van der Waals surface area contributed by atoms with Gasteiger partial charge >= 0.3 is 0 Å². The summed E-state index contributed by atoms with van der Waals surface area (Å²) in [6.45, 7) is 0.372. The minimum atomic E-state index is -0.201. The zero-order valence-corrected chi connectivity index (χ0v) is 13.4. The fourth-order valence-electron chi connectivity index (χ4n) is 1.62. The van der Waals surface area contributed by atoms with Crippen molar-refractivity contribution < 1.29 is 14.3 Å². The van der Waals surface area contributed by atoms with Crippen LogP contribution in [0.5, 0.6) is 11.5 Å². The average molecular weight is 357 g/mol. The second kappa shape index (κ2) is 6.71. The minimum Gasteiger partial charge on any atom is -0.493 e. The second-order valence-corrected chi connectivity index (χ2v) is 5.43. The number of thiazole rings is 1. The number of hydrogen-bond acceptors (Lipinski definition) is 5. The number of hydrogen-bond donors (Lipinski definition) is 1. The van der Waals surface area contributed by atoms with Crippen molar-refractivity contribution >= 4 is 33.2 Å². The number of halogens is 1. The molecule has 5 nitrogen and oxygen atoms in total. The molecular weight excluding hydrogens is 344 g/mol. The van der Waals surface area contributed by atoms with Gasteiger partial charge in [-0.15, -0.1) is 11.3 Å². The number of benzene rings is 1. The number of nitrogens with zero attached hydrogens (tertiary/aromatic N) is 1. The first-order chi connectivity index (χ1) is 9.65. The Morgan fingerprint density at radius 1 is 1.35 bits per heavy atom. The smallest absolute Gasteiger partial charge is 0.271 e. The average Bonchev–Trinajstić information content (AvgIpc) is 2.99. The van der Waals surface area contributed by atoms with Gasteiger partial charge in [0.25, 0.3) is 5.91 Å². The Balaban J connectivity index is 2.11. The molecule has 0 aliphatic heterocycles. The highest BCUT2D eigenvalue weighted by atomic mass is 79.9. The number of nitrogens with one attached hydrogen (secondary N) is 1. The molecule has 2 aromatic rings. The van der Waals surface area contributed by atoms with Gasteiger partial charge in [0.1, 0.15) is 5.69 Å². The Labute approximate surface area is 129 Å². The van der Waals surface area contributed by atoms with Crippen molar-refractivity contribution in [2.75, 3.05) is 14.2 Å². The summed E-state index contributed by atoms with van der Waals surface area (Å²) in [6, 6.07) is 3.63. The number of ether oxygens (including phenoxy) is 2. The largest absolute Gasteiger partial charge is 0.493 e. The number of carbonyl (C=O) groups excluding carboxylic acids is 1. The number of rotatable bonds is 5. The molecule has 0 unspecified atom stereocenters. The van der Waals surface area contributed by atoms with Gasteiger partial charge < -0.3 is 14.8 Å². The third-order valence-electron chi connectivity index (χ3n) is 2.66. The molecule has 0 saturated heterocycles. The summed E-state index contributed by atoms with van der Waals surface area (Å²) >= 11 is 4.84. The van der Waals surface area contributed by atoms with Crippen LogP contribution >= 0.6 is 27.3 Å². The van der Waals surface area contributed by atoms with Crippen LogP contribution in [-0.4, -0.2) is 25.1 Å². The van der Waals surface area contributed by atoms with Gasteiger partial charge in [-0.25, -0.2) is 4.98 Å². The lowest BCUT2D eigenvalue weighted by atomic mass is 10.2. The van der Waals surface area contributed by atoms with Gasteiger partial charge in [0.05, 0.1) is 19.7 Å². The van der Waals surface area contributed by atoms with E-state index >= 15 is 0 Å². The molecule has 0 radical (unpaired) electrons. The highest BCUT2D eigenvalue weighted by Crippen LogP contribution is 2.33. The van der Waals surface area contributed by atoms with E-state index in [0.717, 1.165) is 10.0 Å². The number of methoxy groups -OCH3 is 2. The summed E-state index contributed by atoms with van der Waals surface area (Å²) in [5.41, 5.74) is 2.94. The van der Waals surface area contributed by atoms with E-state index in [-0.39, 0.29) is 5.91 Å². The predicted octanol–water partition coefficient (Wildman–Crippen LogP) is 2.85. The molecule has 7 heteroatoms. The molecule has 0 aliphatic rings. The third-order valence-corrected chi connectivity index (χ3v) is 3.98. The molecule has 1 aromatic carbocycles. The molecule has 106 valence electrons. The lowest BCUT2D eigenvalue weighted by Crippen LogP contribution is -2.23. The lowest BCUT2D eigenvalue weighted by Gasteiger charge is -2.12. The SMILES string of the molecule is COc1cc(Br)c(CNC(=O)c2cscn2)cc1OC. The fraction of sp³-hybridized carbons (Fsp3) is 0.231. The number of amides is 1. The van der Waals surface area contributed by atoms with Gasteiger partial charge in [0.2, 0.25) is 0 Å². The van der Waals surface area contributed by atoms with E-state index < -0.39 is 0 Å². The molecule has 1 heterocycles. The summed E-state index contributed by atoms with van der Waals surface area (Å²) < 4.78 is 11.3. The molecule has 0 saturated carbocycles. The number of aromatic nitrogens is 1. The first kappa shape index (κ1) is 14.8. The van der Waals surface area contributed by atoms with Gasteiger partial charge in [0, 0.05) is 16.4 Å². The topological polar surface area (TPSA) is 60.5 Å². The first-order valence-electron chi connectivity index (χ1n) is 5.72. The normalized spacial score (nSPS) is 10.2. The summed E-state index contributed by atoms with van der Waals surface area (Å²) in [4.78, 5) is 15.8. The molecule has 0 bridgehead atoms. The van der Waals surface area contributed by atoms with Gasteiger partial charge in [-0.05, 0) is 17.7 Å². The molecule has 0 fully saturated rings. The maximum Gasteiger partial charge on any atom is 0.271 e. The van der Waals surface area contributed by atoms with Crippen molar-refractivity contribution in [3.8, 4) is 11.5 Å². The standard InChI is InChI=1S/C13H13BrN2O3S/c1-18-11-3-8(9(14)4-12(11)19-2)5-15-13(17)10-6-20-7-16-10/h3-4,6-7H,5H2,1-2H3,(H,15,17). The van der Waals surface area contributed by atoms with E-state index in [1.165, 1.54) is 11.3 Å². The summed E-state index contributed by atoms with van der Waals surface area (Å²) in [6.07, 6.45) is 0. The van der Waals surface area contributed by atoms with Crippen LogP contribution in [0.15, 0.2) is 27.5 Å². The Bertz CT molecular complexity index is 602. The van der Waals surface area contributed by atoms with E-state index in [1.54, 1.807) is 25.1 Å². The lowest BCUT2D eigenvalue weighted by molar-refractivity contribution is 0.0946. The molecule has 0 spiro atoms. The molecule has 0 atom stereocenters. The highest BCUT2D eigenvalue weighted by molar-refractivity contribution is 9.10. The molecule has 1 amide bonds. The van der Waals surface area contributed by atoms with E-state index in [0.29, 0.717) is 23.7 Å². The Hall–Kier alpha value is -1.60. The van der Waals surface area contributed by atoms with E-state index in [2.05, 4.69) is 26.2 Å². The van der Waals surface area contributed by atoms with Gasteiger partial charge in [-0.2, -0.15) is 0 Å². The maximum atomic E-state index is 11.8. The zero-order chi connectivity index (χ0) is 14.5. The van der Waals surface area contributed by atoms with Crippen LogP contribution in [0.4, 0.5) is 0 Å². The quantitative estimate of drug-likeness (QED) is 0.894. The summed E-state index contributed by atoms with van der Waals surface area (Å²) in [5, 5.41) is 4.52. The van der Waals surface area contributed by atoms with Gasteiger partial charge in [-0.3, -0.25) is 4.79 Å². The fourth-order valence-corrected chi connectivity index (χ4v) is 2.62. The van der Waals surface area contributed by atoms with Crippen molar-refractivity contribution in [3.05, 3.63) is 38.8 Å². The van der Waals surface area contributed by atoms with Crippen molar-refractivity contribution in [1.82, 2.24) is 10.3 Å². The van der Waals surface area contributed by atoms with Crippen molar-refractivity contribution in [3.63, 3.8) is 0 Å². The van der Waals surface area contributed by atoms with E-state index in [4.69, 9.17) is 9.47 Å². The zero-order valence-electron chi connectivity index (χ0n) is 11.0. The summed E-state index contributed by atoms with van der Waals surface area (Å²) in [5.74, 6) is 1.05. The molecule has 1 aromatic heterocycles. The molecule has 2 rings (SSSR count). The first-order valence-corrected chi connectivity index (χ1v) is 7.46. The monoisotopic (exact) mass is 356 g/mol. The van der Waals surface area contributed by atoms with Crippen LogP contribution in [0.25, 0.3) is 0 Å². The molecule has 0 aliphatic carbocycles. The minimum absolute atomic E-state index is 0.201. The van der Waals surface area contributed by atoms with Crippen molar-refractivity contribution in [1.29, 1.82) is 0 Å². The van der Waals surface area contributed by atoms with Gasteiger partial charge in [0.15, 0.2) is 11.5 Å². The van der Waals surface area contributed by atoms with Crippen LogP contribution in [0.2, 0.25) is 0 Å². The maximum absolute atomic E-state index is 11.8. The predicted molar refractivity (Wildman–Crippen MR) is 80.5 cm³/mol. The highest BCUT2D eigenvalue weighted by Gasteiger charge is 2.12. The number of carbonyl (C=O) groups is 1. The van der Waals surface area contributed by atoms with Crippen LogP contribution in [0, 0.1) is 0 Å². The molecule has 20 heavy (non-hydrogen) atoms. The van der Waals surface area contributed by atoms with Crippen LogP contribution in [0.1, 0.15) is 16.1 Å². The van der Waals surface area contributed by atoms with Crippen LogP contribution < -0.4 is 14.8 Å². The Kier molecular flexibility index (Phi) is 4.97. The van der Waals surface area contributed by atoms with E-state index in [9.17, 15) is 4.79 Å². The van der Waals surface area contributed by atoms with Crippen molar-refractivity contribution in [2.45, 2.75) is 6.54 Å². The van der Waals surface area contributed by atoms with Crippen molar-refractivity contribution in [2.24, 2.45) is 0 Å². The van der Waals surface area contributed by atoms with Gasteiger partial charge in [-0.1, -0.05) is 15.9 Å². The Morgan fingerprint density at radius 3 is 2.65 bits per heavy atom. The molecule has 1 N–H and O–H groups in total. The van der Waals surface area contributed by atoms with E-state index in [1.807, 2.05) is 12.1 Å². The second-order valence-electron chi connectivity index (χ2n) is 3.85. The third kappa shape index (κ3) is 3.29. The van der Waals surface area contributed by atoms with Crippen LogP contribution in [0.3, 0.4) is 0 Å². The molecular formula is C13H13BrN2O3S. The van der Waals surface area contributed by atoms with Crippen LogP contribution in [-0.2, 0) is 6.54 Å². The summed E-state index contributed by atoms with van der Waals surface area (Å²) in [7, 11) is 3.15.